The minimum Gasteiger partial charge on any atom is -0.445 e. The van der Waals surface area contributed by atoms with E-state index in [9.17, 15) is 4.79 Å². The van der Waals surface area contributed by atoms with E-state index >= 15 is 0 Å². The van der Waals surface area contributed by atoms with Crippen LogP contribution in [0.2, 0.25) is 0 Å². The predicted molar refractivity (Wildman–Crippen MR) is 73.3 cm³/mol. The third-order valence-electron chi connectivity index (χ3n) is 3.81. The second-order valence-corrected chi connectivity index (χ2v) is 5.34. The average Bonchev–Trinajstić information content (AvgIpc) is 2.46. The van der Waals surface area contributed by atoms with Gasteiger partial charge in [0, 0.05) is 19.0 Å². The molecular formula is C15H23N2O2+. The summed E-state index contributed by atoms with van der Waals surface area (Å²) in [6.07, 6.45) is 1.87. The van der Waals surface area contributed by atoms with Gasteiger partial charge in [0.05, 0.1) is 6.04 Å². The van der Waals surface area contributed by atoms with Crippen LogP contribution in [-0.2, 0) is 11.3 Å². The molecule has 19 heavy (non-hydrogen) atoms. The summed E-state index contributed by atoms with van der Waals surface area (Å²) in [7, 11) is 0. The van der Waals surface area contributed by atoms with Gasteiger partial charge in [-0.25, -0.2) is 4.79 Å². The molecule has 0 spiro atoms. The van der Waals surface area contributed by atoms with E-state index < -0.39 is 0 Å². The molecule has 1 fully saturated rings. The maximum absolute atomic E-state index is 11.9. The van der Waals surface area contributed by atoms with Gasteiger partial charge in [-0.3, -0.25) is 0 Å². The van der Waals surface area contributed by atoms with E-state index in [1.54, 1.807) is 0 Å². The molecule has 1 amide bonds. The molecule has 2 rings (SSSR count). The van der Waals surface area contributed by atoms with Gasteiger partial charge >= 0.3 is 6.09 Å². The monoisotopic (exact) mass is 263 g/mol. The van der Waals surface area contributed by atoms with E-state index in [-0.39, 0.29) is 6.09 Å². The number of ether oxygens (including phenoxy) is 1. The van der Waals surface area contributed by atoms with Crippen LogP contribution in [0.3, 0.4) is 0 Å². The maximum Gasteiger partial charge on any atom is 0.410 e. The van der Waals surface area contributed by atoms with Crippen LogP contribution in [0.15, 0.2) is 30.3 Å². The highest BCUT2D eigenvalue weighted by Gasteiger charge is 2.26. The Kier molecular flexibility index (Phi) is 4.80. The van der Waals surface area contributed by atoms with Crippen molar-refractivity contribution in [3.05, 3.63) is 35.9 Å². The van der Waals surface area contributed by atoms with E-state index in [1.165, 1.54) is 0 Å². The normalized spacial score (nSPS) is 18.1. The fraction of sp³-hybridized carbons (Fsp3) is 0.533. The lowest BCUT2D eigenvalue weighted by molar-refractivity contribution is -0.428. The Bertz CT molecular complexity index is 398. The molecule has 0 radical (unpaired) electrons. The lowest BCUT2D eigenvalue weighted by Crippen LogP contribution is -2.63. The molecule has 1 saturated heterocycles. The van der Waals surface area contributed by atoms with Crippen molar-refractivity contribution in [2.45, 2.75) is 32.4 Å². The molecule has 1 aliphatic heterocycles. The van der Waals surface area contributed by atoms with Gasteiger partial charge in [0.2, 0.25) is 0 Å². The van der Waals surface area contributed by atoms with E-state index in [0.29, 0.717) is 18.6 Å². The van der Waals surface area contributed by atoms with Gasteiger partial charge in [0.15, 0.2) is 0 Å². The lowest BCUT2D eigenvalue weighted by atomic mass is 9.91. The number of hydrogen-bond acceptors (Lipinski definition) is 2. The number of carbonyl (C=O) groups excluding carboxylic acids is 1. The zero-order valence-corrected chi connectivity index (χ0v) is 11.5. The number of amides is 1. The molecule has 1 heterocycles. The zero-order valence-electron chi connectivity index (χ0n) is 11.5. The molecule has 3 N–H and O–H groups in total. The summed E-state index contributed by atoms with van der Waals surface area (Å²) < 4.78 is 5.33. The summed E-state index contributed by atoms with van der Waals surface area (Å²) in [5.41, 5.74) is 5.10. The summed E-state index contributed by atoms with van der Waals surface area (Å²) in [6.45, 7) is 4.08. The van der Waals surface area contributed by atoms with Crippen LogP contribution < -0.4 is 5.73 Å². The van der Waals surface area contributed by atoms with Crippen molar-refractivity contribution in [3.8, 4) is 0 Å². The Balaban J connectivity index is 1.76. The van der Waals surface area contributed by atoms with Crippen LogP contribution in [0.1, 0.15) is 25.3 Å². The predicted octanol–water partition coefficient (Wildman–Crippen LogP) is 1.67. The van der Waals surface area contributed by atoms with Crippen molar-refractivity contribution in [3.63, 3.8) is 0 Å². The molecule has 1 aromatic carbocycles. The Morgan fingerprint density at radius 2 is 2.00 bits per heavy atom. The second kappa shape index (κ2) is 6.57. The van der Waals surface area contributed by atoms with Crippen molar-refractivity contribution in [2.75, 3.05) is 13.1 Å². The standard InChI is InChI=1S/C15H22N2O2/c1-12(16)14-7-9-17(10-8-14)15(18)19-11-13-5-3-2-4-6-13/h2-6,12,14H,7-11,16H2,1H3/p+1/t12-/m0/s1. The Labute approximate surface area is 114 Å². The SMILES string of the molecule is C[C@H]([NH3+])C1CCN(C(=O)OCc2ccccc2)CC1. The highest BCUT2D eigenvalue weighted by atomic mass is 16.6. The van der Waals surface area contributed by atoms with E-state index in [4.69, 9.17) is 4.74 Å². The fourth-order valence-electron chi connectivity index (χ4n) is 2.46. The van der Waals surface area contributed by atoms with Gasteiger partial charge in [-0.2, -0.15) is 0 Å². The number of rotatable bonds is 3. The molecule has 4 nitrogen and oxygen atoms in total. The Hall–Kier alpha value is -1.55. The third-order valence-corrected chi connectivity index (χ3v) is 3.81. The van der Waals surface area contributed by atoms with Crippen LogP contribution in [0, 0.1) is 5.92 Å². The van der Waals surface area contributed by atoms with Gasteiger partial charge in [-0.1, -0.05) is 30.3 Å². The number of quaternary nitrogens is 1. The number of benzene rings is 1. The van der Waals surface area contributed by atoms with Crippen LogP contribution in [0.5, 0.6) is 0 Å². The number of carbonyl (C=O) groups is 1. The molecule has 0 saturated carbocycles. The minimum absolute atomic E-state index is 0.195. The van der Waals surface area contributed by atoms with Crippen molar-refractivity contribution in [2.24, 2.45) is 5.92 Å². The van der Waals surface area contributed by atoms with E-state index in [0.717, 1.165) is 31.5 Å². The topological polar surface area (TPSA) is 57.2 Å². The minimum atomic E-state index is -0.195. The van der Waals surface area contributed by atoms with Gasteiger partial charge in [0.25, 0.3) is 0 Å². The van der Waals surface area contributed by atoms with Crippen LogP contribution in [-0.4, -0.2) is 30.1 Å². The lowest BCUT2D eigenvalue weighted by Gasteiger charge is -2.31. The zero-order chi connectivity index (χ0) is 13.7. The first-order valence-corrected chi connectivity index (χ1v) is 6.95. The summed E-state index contributed by atoms with van der Waals surface area (Å²) >= 11 is 0. The maximum atomic E-state index is 11.9. The summed E-state index contributed by atoms with van der Waals surface area (Å²) in [6, 6.07) is 10.2. The Morgan fingerprint density at radius 1 is 1.37 bits per heavy atom. The highest BCUT2D eigenvalue weighted by molar-refractivity contribution is 5.67. The highest BCUT2D eigenvalue weighted by Crippen LogP contribution is 2.19. The number of hydrogen-bond donors (Lipinski definition) is 1. The number of nitrogens with zero attached hydrogens (tertiary/aromatic N) is 1. The molecular weight excluding hydrogens is 240 g/mol. The van der Waals surface area contributed by atoms with Crippen molar-refractivity contribution >= 4 is 6.09 Å². The summed E-state index contributed by atoms with van der Waals surface area (Å²) in [5.74, 6) is 0.637. The first kappa shape index (κ1) is 13.9. The van der Waals surface area contributed by atoms with Crippen LogP contribution >= 0.6 is 0 Å². The average molecular weight is 263 g/mol. The molecule has 4 heteroatoms. The molecule has 0 unspecified atom stereocenters. The second-order valence-electron chi connectivity index (χ2n) is 5.34. The molecule has 0 bridgehead atoms. The van der Waals surface area contributed by atoms with Gasteiger partial charge in [-0.15, -0.1) is 0 Å². The largest absolute Gasteiger partial charge is 0.445 e. The quantitative estimate of drug-likeness (QED) is 0.901. The smallest absolute Gasteiger partial charge is 0.410 e. The number of piperidine rings is 1. The van der Waals surface area contributed by atoms with Crippen molar-refractivity contribution in [1.82, 2.24) is 4.90 Å². The fourth-order valence-corrected chi connectivity index (χ4v) is 2.46. The molecule has 1 aliphatic rings. The first-order valence-electron chi connectivity index (χ1n) is 6.95. The third kappa shape index (κ3) is 3.96. The van der Waals surface area contributed by atoms with Crippen molar-refractivity contribution < 1.29 is 15.3 Å². The van der Waals surface area contributed by atoms with Gasteiger partial charge < -0.3 is 15.4 Å². The molecule has 0 aliphatic carbocycles. The Morgan fingerprint density at radius 3 is 2.58 bits per heavy atom. The van der Waals surface area contributed by atoms with Gasteiger partial charge in [0.1, 0.15) is 6.61 Å². The molecule has 104 valence electrons. The van der Waals surface area contributed by atoms with Crippen LogP contribution in [0.25, 0.3) is 0 Å². The molecule has 0 aromatic heterocycles. The van der Waals surface area contributed by atoms with Crippen LogP contribution in [0.4, 0.5) is 4.79 Å². The molecule has 1 aromatic rings. The first-order chi connectivity index (χ1) is 9.16. The van der Waals surface area contributed by atoms with Crippen molar-refractivity contribution in [1.29, 1.82) is 0 Å². The summed E-state index contributed by atoms with van der Waals surface area (Å²) in [5, 5.41) is 0. The molecule has 1 atom stereocenters. The number of likely N-dealkylation sites (tertiary alicyclic amines) is 1. The van der Waals surface area contributed by atoms with E-state index in [2.05, 4.69) is 12.7 Å². The van der Waals surface area contributed by atoms with Gasteiger partial charge in [-0.05, 0) is 25.3 Å². The summed E-state index contributed by atoms with van der Waals surface area (Å²) in [4.78, 5) is 13.7. The van der Waals surface area contributed by atoms with E-state index in [1.807, 2.05) is 35.2 Å².